The number of rotatable bonds is 13. The number of hydrogen-bond acceptors (Lipinski definition) is 8. The number of hydrogen-bond donors (Lipinski definition) is 8. The molecule has 4 atom stereocenters. The third-order valence-electron chi connectivity index (χ3n) is 3.56. The maximum absolute atomic E-state index is 12.3. The van der Waals surface area contributed by atoms with Crippen LogP contribution >= 0.6 is 12.6 Å². The number of amides is 3. The summed E-state index contributed by atoms with van der Waals surface area (Å²) in [4.78, 5) is 68.6. The number of nitrogens with two attached hydrogens (primary N) is 1. The van der Waals surface area contributed by atoms with Crippen molar-refractivity contribution in [1.29, 1.82) is 0 Å². The minimum absolute atomic E-state index is 0.241. The van der Waals surface area contributed by atoms with E-state index in [1.165, 1.54) is 6.92 Å². The standard InChI is InChI=1S/C15H24N4O9S/c1-6(17-13(25)7(16)4-11(22)23)12(24)18-8(2-3-10(20)21)14(26)19-9(5-29)15(27)28/h6-9,29H,2-5,16H2,1H3,(H,17,25)(H,18,24)(H,19,26)(H,20,21)(H,22,23)(H,27,28). The Balaban J connectivity index is 5.07. The van der Waals surface area contributed by atoms with Gasteiger partial charge >= 0.3 is 17.9 Å². The maximum atomic E-state index is 12.3. The summed E-state index contributed by atoms with van der Waals surface area (Å²) in [6.07, 6.45) is -1.50. The summed E-state index contributed by atoms with van der Waals surface area (Å²) < 4.78 is 0. The average Bonchev–Trinajstić information content (AvgIpc) is 2.61. The van der Waals surface area contributed by atoms with E-state index in [1.807, 2.05) is 0 Å². The molecule has 0 fully saturated rings. The van der Waals surface area contributed by atoms with E-state index in [2.05, 4.69) is 28.6 Å². The topological polar surface area (TPSA) is 225 Å². The fourth-order valence-corrected chi connectivity index (χ4v) is 2.21. The van der Waals surface area contributed by atoms with Crippen molar-refractivity contribution in [2.45, 2.75) is 50.4 Å². The molecule has 0 saturated carbocycles. The lowest BCUT2D eigenvalue weighted by molar-refractivity contribution is -0.142. The van der Waals surface area contributed by atoms with Gasteiger partial charge in [-0.3, -0.25) is 24.0 Å². The lowest BCUT2D eigenvalue weighted by Crippen LogP contribution is -2.56. The molecule has 0 aliphatic carbocycles. The number of carboxylic acid groups (broad SMARTS) is 3. The van der Waals surface area contributed by atoms with Crippen molar-refractivity contribution in [3.05, 3.63) is 0 Å². The van der Waals surface area contributed by atoms with Gasteiger partial charge in [-0.25, -0.2) is 4.79 Å². The van der Waals surface area contributed by atoms with Crippen LogP contribution in [0.2, 0.25) is 0 Å². The fourth-order valence-electron chi connectivity index (χ4n) is 1.96. The normalized spacial score (nSPS) is 14.6. The van der Waals surface area contributed by atoms with Gasteiger partial charge in [-0.1, -0.05) is 0 Å². The first kappa shape index (κ1) is 26.1. The maximum Gasteiger partial charge on any atom is 0.327 e. The first-order chi connectivity index (χ1) is 13.4. The van der Waals surface area contributed by atoms with Gasteiger partial charge in [0.15, 0.2) is 0 Å². The molecule has 29 heavy (non-hydrogen) atoms. The Morgan fingerprint density at radius 1 is 0.862 bits per heavy atom. The van der Waals surface area contributed by atoms with E-state index >= 15 is 0 Å². The summed E-state index contributed by atoms with van der Waals surface area (Å²) in [5, 5.41) is 32.9. The van der Waals surface area contributed by atoms with Gasteiger partial charge in [0, 0.05) is 12.2 Å². The summed E-state index contributed by atoms with van der Waals surface area (Å²) >= 11 is 3.79. The van der Waals surface area contributed by atoms with Crippen molar-refractivity contribution in [2.75, 3.05) is 5.75 Å². The Morgan fingerprint density at radius 2 is 1.41 bits per heavy atom. The van der Waals surface area contributed by atoms with Crippen LogP contribution in [-0.2, 0) is 28.8 Å². The lowest BCUT2D eigenvalue weighted by Gasteiger charge is -2.23. The second-order valence-corrected chi connectivity index (χ2v) is 6.38. The molecule has 0 aliphatic heterocycles. The van der Waals surface area contributed by atoms with Crippen molar-refractivity contribution in [2.24, 2.45) is 5.73 Å². The van der Waals surface area contributed by atoms with Gasteiger partial charge in [0.1, 0.15) is 18.1 Å². The summed E-state index contributed by atoms with van der Waals surface area (Å²) in [6, 6.07) is -5.39. The molecule has 0 rings (SSSR count). The van der Waals surface area contributed by atoms with Gasteiger partial charge in [-0.2, -0.15) is 12.6 Å². The molecule has 3 amide bonds. The van der Waals surface area contributed by atoms with E-state index in [0.717, 1.165) is 0 Å². The van der Waals surface area contributed by atoms with Crippen LogP contribution in [0, 0.1) is 0 Å². The molecule has 0 radical (unpaired) electrons. The van der Waals surface area contributed by atoms with Crippen LogP contribution in [-0.4, -0.2) is 80.9 Å². The molecule has 0 aliphatic rings. The lowest BCUT2D eigenvalue weighted by atomic mass is 10.1. The highest BCUT2D eigenvalue weighted by molar-refractivity contribution is 7.80. The zero-order chi connectivity index (χ0) is 22.7. The molecule has 0 saturated heterocycles. The second-order valence-electron chi connectivity index (χ2n) is 6.01. The second kappa shape index (κ2) is 12.6. The van der Waals surface area contributed by atoms with E-state index in [4.69, 9.17) is 21.1 Å². The van der Waals surface area contributed by atoms with E-state index in [-0.39, 0.29) is 12.2 Å². The van der Waals surface area contributed by atoms with Crippen LogP contribution in [0.25, 0.3) is 0 Å². The number of aliphatic carboxylic acids is 3. The molecule has 13 nitrogen and oxygen atoms in total. The molecule has 0 aromatic heterocycles. The molecule has 0 aromatic carbocycles. The van der Waals surface area contributed by atoms with Crippen LogP contribution in [0.1, 0.15) is 26.2 Å². The van der Waals surface area contributed by atoms with E-state index < -0.39 is 72.6 Å². The van der Waals surface area contributed by atoms with Crippen LogP contribution < -0.4 is 21.7 Å². The van der Waals surface area contributed by atoms with Crippen LogP contribution in [0.4, 0.5) is 0 Å². The van der Waals surface area contributed by atoms with E-state index in [1.54, 1.807) is 0 Å². The summed E-state index contributed by atoms with van der Waals surface area (Å²) in [7, 11) is 0. The molecule has 0 spiro atoms. The molecule has 4 unspecified atom stereocenters. The average molecular weight is 436 g/mol. The molecule has 0 bridgehead atoms. The molecule has 0 aromatic rings. The van der Waals surface area contributed by atoms with Crippen LogP contribution in [0.3, 0.4) is 0 Å². The fraction of sp³-hybridized carbons (Fsp3) is 0.600. The number of nitrogens with one attached hydrogen (secondary N) is 3. The van der Waals surface area contributed by atoms with Crippen molar-refractivity contribution < 1.29 is 44.1 Å². The molecule has 0 heterocycles. The SMILES string of the molecule is CC(NC(=O)C(N)CC(=O)O)C(=O)NC(CCC(=O)O)C(=O)NC(CS)C(=O)O. The van der Waals surface area contributed by atoms with Gasteiger partial charge in [-0.05, 0) is 13.3 Å². The summed E-state index contributed by atoms with van der Waals surface area (Å²) in [5.41, 5.74) is 5.38. The summed E-state index contributed by atoms with van der Waals surface area (Å²) in [6.45, 7) is 1.24. The van der Waals surface area contributed by atoms with Crippen molar-refractivity contribution in [3.8, 4) is 0 Å². The predicted molar refractivity (Wildman–Crippen MR) is 100 cm³/mol. The molecular formula is C15H24N4O9S. The zero-order valence-electron chi connectivity index (χ0n) is 15.5. The van der Waals surface area contributed by atoms with Gasteiger partial charge in [-0.15, -0.1) is 0 Å². The van der Waals surface area contributed by atoms with Gasteiger partial charge < -0.3 is 37.0 Å². The third-order valence-corrected chi connectivity index (χ3v) is 3.93. The first-order valence-corrected chi connectivity index (χ1v) is 8.96. The van der Waals surface area contributed by atoms with Gasteiger partial charge in [0.25, 0.3) is 0 Å². The highest BCUT2D eigenvalue weighted by Gasteiger charge is 2.29. The van der Waals surface area contributed by atoms with Crippen molar-refractivity contribution in [1.82, 2.24) is 16.0 Å². The Morgan fingerprint density at radius 3 is 1.86 bits per heavy atom. The highest BCUT2D eigenvalue weighted by atomic mass is 32.1. The van der Waals surface area contributed by atoms with Crippen molar-refractivity contribution >= 4 is 48.3 Å². The van der Waals surface area contributed by atoms with Gasteiger partial charge in [0.2, 0.25) is 17.7 Å². The first-order valence-electron chi connectivity index (χ1n) is 8.33. The number of carboxylic acids is 3. The summed E-state index contributed by atoms with van der Waals surface area (Å²) in [5.74, 6) is -6.91. The third kappa shape index (κ3) is 10.3. The monoisotopic (exact) mass is 436 g/mol. The number of carbonyl (C=O) groups is 6. The van der Waals surface area contributed by atoms with E-state index in [9.17, 15) is 28.8 Å². The van der Waals surface area contributed by atoms with Crippen LogP contribution in [0.15, 0.2) is 0 Å². The molecule has 8 N–H and O–H groups in total. The quantitative estimate of drug-likeness (QED) is 0.138. The molecular weight excluding hydrogens is 412 g/mol. The Bertz CT molecular complexity index is 658. The van der Waals surface area contributed by atoms with E-state index in [0.29, 0.717) is 0 Å². The number of carbonyl (C=O) groups excluding carboxylic acids is 3. The minimum atomic E-state index is -1.40. The Hall–Kier alpha value is -2.87. The molecule has 164 valence electrons. The Labute approximate surface area is 170 Å². The largest absolute Gasteiger partial charge is 0.481 e. The predicted octanol–water partition coefficient (Wildman–Crippen LogP) is -2.86. The minimum Gasteiger partial charge on any atom is -0.481 e. The van der Waals surface area contributed by atoms with Gasteiger partial charge in [0.05, 0.1) is 12.5 Å². The molecule has 14 heteroatoms. The van der Waals surface area contributed by atoms with Crippen molar-refractivity contribution in [3.63, 3.8) is 0 Å². The number of thiol groups is 1. The Kier molecular flexibility index (Phi) is 11.3. The van der Waals surface area contributed by atoms with Crippen LogP contribution in [0.5, 0.6) is 0 Å². The highest BCUT2D eigenvalue weighted by Crippen LogP contribution is 2.02. The zero-order valence-corrected chi connectivity index (χ0v) is 16.3. The smallest absolute Gasteiger partial charge is 0.327 e.